The third kappa shape index (κ3) is 5.95. The van der Waals surface area contributed by atoms with E-state index in [1.807, 2.05) is 0 Å². The molecule has 0 saturated carbocycles. The fourth-order valence-electron chi connectivity index (χ4n) is 1.66. The number of benzene rings is 1. The molecule has 5 nitrogen and oxygen atoms in total. The van der Waals surface area contributed by atoms with Gasteiger partial charge in [-0.3, -0.25) is 0 Å². The van der Waals surface area contributed by atoms with E-state index in [1.165, 1.54) is 18.2 Å². The molecule has 2 amide bonds. The van der Waals surface area contributed by atoms with E-state index in [0.717, 1.165) is 12.1 Å². The van der Waals surface area contributed by atoms with Gasteiger partial charge in [0.15, 0.2) is 0 Å². The second-order valence-corrected chi connectivity index (χ2v) is 5.51. The summed E-state index contributed by atoms with van der Waals surface area (Å²) < 4.78 is 40.5. The predicted octanol–water partition coefficient (Wildman–Crippen LogP) is 5.58. The summed E-state index contributed by atoms with van der Waals surface area (Å²) in [4.78, 5) is 15.6. The molecule has 0 fully saturated rings. The molecule has 0 spiro atoms. The first-order chi connectivity index (χ1) is 11.1. The third-order valence-corrected chi connectivity index (χ3v) is 2.99. The second kappa shape index (κ2) is 7.33. The van der Waals surface area contributed by atoms with Crippen LogP contribution in [0.4, 0.5) is 29.3 Å². The van der Waals surface area contributed by atoms with Crippen LogP contribution < -0.4 is 15.4 Å². The zero-order chi connectivity index (χ0) is 17.9. The molecule has 2 N–H and O–H groups in total. The van der Waals surface area contributed by atoms with Crippen molar-refractivity contribution in [1.29, 1.82) is 0 Å². The van der Waals surface area contributed by atoms with Crippen molar-refractivity contribution >= 4 is 52.2 Å². The van der Waals surface area contributed by atoms with Crippen molar-refractivity contribution in [3.8, 4) is 5.75 Å². The lowest BCUT2D eigenvalue weighted by Gasteiger charge is -2.12. The van der Waals surface area contributed by atoms with Crippen LogP contribution in [-0.2, 0) is 0 Å². The number of nitrogens with one attached hydrogen (secondary N) is 2. The molecule has 0 aliphatic carbocycles. The molecule has 0 aliphatic heterocycles. The molecule has 0 aliphatic rings. The zero-order valence-corrected chi connectivity index (χ0v) is 13.7. The molecule has 2 rings (SSSR count). The van der Waals surface area contributed by atoms with Crippen molar-refractivity contribution < 1.29 is 22.7 Å². The molecule has 24 heavy (non-hydrogen) atoms. The first kappa shape index (κ1) is 18.4. The summed E-state index contributed by atoms with van der Waals surface area (Å²) in [5.74, 6) is -0.569. The molecule has 1 aromatic carbocycles. The molecule has 0 atom stereocenters. The summed E-state index contributed by atoms with van der Waals surface area (Å²) in [5, 5.41) is 4.76. The van der Waals surface area contributed by atoms with Crippen molar-refractivity contribution in [3.05, 3.63) is 45.7 Å². The van der Waals surface area contributed by atoms with Crippen LogP contribution in [0.25, 0.3) is 0 Å². The first-order valence-corrected chi connectivity index (χ1v) is 7.21. The lowest BCUT2D eigenvalue weighted by atomic mass is 10.3. The van der Waals surface area contributed by atoms with Gasteiger partial charge in [0.05, 0.1) is 0 Å². The number of carbonyl (C=O) groups is 1. The van der Waals surface area contributed by atoms with Gasteiger partial charge in [-0.2, -0.15) is 0 Å². The number of nitrogens with zero attached hydrogens (tertiary/aromatic N) is 1. The van der Waals surface area contributed by atoms with Crippen molar-refractivity contribution in [2.75, 3.05) is 10.6 Å². The van der Waals surface area contributed by atoms with Gasteiger partial charge in [-0.05, 0) is 24.3 Å². The van der Waals surface area contributed by atoms with E-state index in [1.54, 1.807) is 0 Å². The lowest BCUT2D eigenvalue weighted by molar-refractivity contribution is -0.274. The lowest BCUT2D eigenvalue weighted by Crippen LogP contribution is -2.20. The Kier molecular flexibility index (Phi) is 5.63. The highest BCUT2D eigenvalue weighted by molar-refractivity contribution is 6.33. The number of carbonyl (C=O) groups excluding carboxylic acids is 1. The van der Waals surface area contributed by atoms with Crippen molar-refractivity contribution in [2.24, 2.45) is 0 Å². The number of hydrogen-bond donors (Lipinski definition) is 2. The van der Waals surface area contributed by atoms with Crippen LogP contribution in [0.1, 0.15) is 0 Å². The van der Waals surface area contributed by atoms with Gasteiger partial charge in [0.25, 0.3) is 0 Å². The first-order valence-electron chi connectivity index (χ1n) is 6.08. The number of anilines is 2. The Labute approximate surface area is 148 Å². The Hall–Kier alpha value is -1.90. The summed E-state index contributed by atoms with van der Waals surface area (Å²) in [5.41, 5.74) is 0.233. The van der Waals surface area contributed by atoms with E-state index in [9.17, 15) is 18.0 Å². The number of rotatable bonds is 3. The highest BCUT2D eigenvalue weighted by Crippen LogP contribution is 2.29. The molecule has 0 saturated heterocycles. The average molecular weight is 401 g/mol. The van der Waals surface area contributed by atoms with Crippen LogP contribution in [0.3, 0.4) is 0 Å². The van der Waals surface area contributed by atoms with Gasteiger partial charge in [0, 0.05) is 22.5 Å². The van der Waals surface area contributed by atoms with Crippen LogP contribution in [0, 0.1) is 0 Å². The van der Waals surface area contributed by atoms with Crippen LogP contribution in [-0.4, -0.2) is 17.4 Å². The Bertz CT molecular complexity index is 752. The average Bonchev–Trinajstić information content (AvgIpc) is 2.33. The normalized spacial score (nSPS) is 11.1. The number of halogens is 6. The van der Waals surface area contributed by atoms with Crippen LogP contribution in [0.2, 0.25) is 15.3 Å². The highest BCUT2D eigenvalue weighted by Gasteiger charge is 2.31. The topological polar surface area (TPSA) is 63.2 Å². The van der Waals surface area contributed by atoms with Crippen molar-refractivity contribution in [3.63, 3.8) is 0 Å². The van der Waals surface area contributed by atoms with E-state index in [-0.39, 0.29) is 26.7 Å². The fourth-order valence-corrected chi connectivity index (χ4v) is 2.34. The maximum absolute atomic E-state index is 12.2. The molecule has 128 valence electrons. The smallest absolute Gasteiger partial charge is 0.406 e. The molecule has 11 heteroatoms. The predicted molar refractivity (Wildman–Crippen MR) is 85.0 cm³/mol. The number of urea groups is 1. The zero-order valence-electron chi connectivity index (χ0n) is 11.4. The molecule has 1 heterocycles. The maximum Gasteiger partial charge on any atom is 0.573 e. The highest BCUT2D eigenvalue weighted by atomic mass is 35.5. The molecule has 1 aromatic heterocycles. The summed E-state index contributed by atoms with van der Waals surface area (Å²) >= 11 is 17.1. The van der Waals surface area contributed by atoms with E-state index in [0.29, 0.717) is 0 Å². The van der Waals surface area contributed by atoms with Gasteiger partial charge in [-0.25, -0.2) is 9.78 Å². The van der Waals surface area contributed by atoms with Crippen LogP contribution in [0.5, 0.6) is 5.75 Å². The van der Waals surface area contributed by atoms with Crippen molar-refractivity contribution in [2.45, 2.75) is 6.36 Å². The number of ether oxygens (including phenoxy) is 1. The molecule has 0 bridgehead atoms. The van der Waals surface area contributed by atoms with Gasteiger partial charge < -0.3 is 15.4 Å². The van der Waals surface area contributed by atoms with Gasteiger partial charge in [0.2, 0.25) is 0 Å². The summed E-state index contributed by atoms with van der Waals surface area (Å²) in [7, 11) is 0. The maximum atomic E-state index is 12.2. The summed E-state index contributed by atoms with van der Waals surface area (Å²) in [6.45, 7) is 0. The van der Waals surface area contributed by atoms with E-state index in [4.69, 9.17) is 34.8 Å². The molecule has 2 aromatic rings. The van der Waals surface area contributed by atoms with E-state index in [2.05, 4.69) is 20.4 Å². The summed E-state index contributed by atoms with van der Waals surface area (Å²) in [6, 6.07) is 5.09. The van der Waals surface area contributed by atoms with Crippen LogP contribution >= 0.6 is 34.8 Å². The Morgan fingerprint density at radius 3 is 2.04 bits per heavy atom. The minimum absolute atomic E-state index is 0.00880. The summed E-state index contributed by atoms with van der Waals surface area (Å²) in [6.07, 6.45) is -4.88. The van der Waals surface area contributed by atoms with Gasteiger partial charge in [-0.1, -0.05) is 34.8 Å². The van der Waals surface area contributed by atoms with Gasteiger partial charge >= 0.3 is 12.4 Å². The Balaban J connectivity index is 2.11. The molecule has 0 unspecified atom stereocenters. The molecular formula is C13H7Cl3F3N3O2. The third-order valence-electron chi connectivity index (χ3n) is 2.38. The minimum atomic E-state index is -4.88. The number of hydrogen-bond acceptors (Lipinski definition) is 3. The molecular weight excluding hydrogens is 394 g/mol. The largest absolute Gasteiger partial charge is 0.573 e. The fraction of sp³-hybridized carbons (Fsp3) is 0.0769. The van der Waals surface area contributed by atoms with E-state index < -0.39 is 18.1 Å². The van der Waals surface area contributed by atoms with Crippen molar-refractivity contribution in [1.82, 2.24) is 4.98 Å². The second-order valence-electron chi connectivity index (χ2n) is 4.30. The van der Waals surface area contributed by atoms with Gasteiger partial charge in [-0.15, -0.1) is 13.2 Å². The Morgan fingerprint density at radius 2 is 1.50 bits per heavy atom. The van der Waals surface area contributed by atoms with Gasteiger partial charge in [0.1, 0.15) is 16.1 Å². The van der Waals surface area contributed by atoms with E-state index >= 15 is 0 Å². The number of aromatic nitrogens is 1. The number of amides is 2. The number of alkyl halides is 3. The number of pyridine rings is 1. The van der Waals surface area contributed by atoms with Crippen LogP contribution in [0.15, 0.2) is 30.3 Å². The SMILES string of the molecule is O=C(Nc1cc(Cl)cc(OC(F)(F)F)c1)Nc1cc(Cl)nc(Cl)c1. The Morgan fingerprint density at radius 1 is 0.958 bits per heavy atom. The standard InChI is InChI=1S/C13H7Cl3F3N3O2/c14-6-1-7(3-9(2-6)24-13(17,18)19)20-12(23)21-8-4-10(15)22-11(16)5-8/h1-5H,(H2,20,21,22,23). The quantitative estimate of drug-likeness (QED) is 0.661. The monoisotopic (exact) mass is 399 g/mol. The molecule has 0 radical (unpaired) electrons. The minimum Gasteiger partial charge on any atom is -0.406 e.